The summed E-state index contributed by atoms with van der Waals surface area (Å²) in [5.41, 5.74) is 2.97. The van der Waals surface area contributed by atoms with E-state index in [0.717, 1.165) is 11.1 Å². The van der Waals surface area contributed by atoms with Gasteiger partial charge in [0.25, 0.3) is 0 Å². The molecule has 0 saturated heterocycles. The molecule has 0 aliphatic rings. The van der Waals surface area contributed by atoms with Crippen LogP contribution in [-0.2, 0) is 4.79 Å². The zero-order valence-corrected chi connectivity index (χ0v) is 18.2. The number of tetrazole rings is 1. The van der Waals surface area contributed by atoms with Gasteiger partial charge in [0.1, 0.15) is 22.5 Å². The summed E-state index contributed by atoms with van der Waals surface area (Å²) in [5, 5.41) is 14.7. The van der Waals surface area contributed by atoms with Crippen LogP contribution < -0.4 is 10.1 Å². The first-order chi connectivity index (χ1) is 15.5. The Balaban J connectivity index is 1.68. The molecule has 1 atom stereocenters. The minimum absolute atomic E-state index is 0.279. The van der Waals surface area contributed by atoms with Crippen molar-refractivity contribution in [3.05, 3.63) is 89.7 Å². The van der Waals surface area contributed by atoms with E-state index >= 15 is 0 Å². The highest BCUT2D eigenvalue weighted by molar-refractivity contribution is 8.00. The zero-order chi connectivity index (χ0) is 22.5. The van der Waals surface area contributed by atoms with Gasteiger partial charge in [0.15, 0.2) is 0 Å². The number of ether oxygens (including phenoxy) is 1. The van der Waals surface area contributed by atoms with Gasteiger partial charge in [0.05, 0.1) is 7.11 Å². The number of nitrogens with zero attached hydrogens (tertiary/aromatic N) is 4. The number of carbonyl (C=O) groups is 1. The number of rotatable bonds is 7. The number of anilines is 1. The lowest BCUT2D eigenvalue weighted by Gasteiger charge is -2.17. The van der Waals surface area contributed by atoms with E-state index in [-0.39, 0.29) is 11.7 Å². The van der Waals surface area contributed by atoms with Crippen molar-refractivity contribution in [3.63, 3.8) is 0 Å². The van der Waals surface area contributed by atoms with Crippen LogP contribution in [0.15, 0.2) is 78.0 Å². The molecule has 0 saturated carbocycles. The van der Waals surface area contributed by atoms with Gasteiger partial charge >= 0.3 is 0 Å². The largest absolute Gasteiger partial charge is 0.494 e. The number of aromatic nitrogens is 4. The van der Waals surface area contributed by atoms with Crippen LogP contribution in [0.25, 0.3) is 5.69 Å². The third kappa shape index (κ3) is 4.78. The molecular weight excluding hydrogens is 429 g/mol. The summed E-state index contributed by atoms with van der Waals surface area (Å²) in [7, 11) is 1.58. The molecule has 1 N–H and O–H groups in total. The Bertz CT molecular complexity index is 1210. The fourth-order valence-electron chi connectivity index (χ4n) is 3.12. The van der Waals surface area contributed by atoms with E-state index in [2.05, 4.69) is 20.8 Å². The van der Waals surface area contributed by atoms with Gasteiger partial charge in [-0.2, -0.15) is 4.68 Å². The number of halogens is 1. The Labute approximate surface area is 188 Å². The average Bonchev–Trinajstić information content (AvgIpc) is 3.27. The molecular formula is C23H20FN5O2S. The van der Waals surface area contributed by atoms with E-state index in [0.29, 0.717) is 22.3 Å². The molecule has 4 aromatic rings. The third-order valence-electron chi connectivity index (χ3n) is 4.68. The fraction of sp³-hybridized carbons (Fsp3) is 0.130. The number of hydrogen-bond acceptors (Lipinski definition) is 6. The van der Waals surface area contributed by atoms with E-state index in [1.165, 1.54) is 36.0 Å². The molecule has 1 heterocycles. The Morgan fingerprint density at radius 2 is 1.84 bits per heavy atom. The second-order valence-corrected chi connectivity index (χ2v) is 8.03. The highest BCUT2D eigenvalue weighted by Gasteiger charge is 2.26. The molecule has 9 heteroatoms. The minimum atomic E-state index is -0.651. The third-order valence-corrected chi connectivity index (χ3v) is 5.87. The molecule has 0 bridgehead atoms. The van der Waals surface area contributed by atoms with Crippen molar-refractivity contribution < 1.29 is 13.9 Å². The normalized spacial score (nSPS) is 11.7. The van der Waals surface area contributed by atoms with Gasteiger partial charge in [-0.05, 0) is 64.9 Å². The molecule has 7 nitrogen and oxygen atoms in total. The van der Waals surface area contributed by atoms with Crippen molar-refractivity contribution >= 4 is 23.4 Å². The van der Waals surface area contributed by atoms with E-state index in [9.17, 15) is 9.18 Å². The van der Waals surface area contributed by atoms with Gasteiger partial charge in [-0.3, -0.25) is 4.79 Å². The lowest BCUT2D eigenvalue weighted by molar-refractivity contribution is -0.115. The van der Waals surface area contributed by atoms with Gasteiger partial charge in [-0.1, -0.05) is 48.2 Å². The Hall–Kier alpha value is -3.72. The second kappa shape index (κ2) is 9.61. The smallest absolute Gasteiger partial charge is 0.242 e. The van der Waals surface area contributed by atoms with Crippen molar-refractivity contribution in [1.29, 1.82) is 0 Å². The maximum atomic E-state index is 13.2. The van der Waals surface area contributed by atoms with Gasteiger partial charge in [-0.25, -0.2) is 4.39 Å². The lowest BCUT2D eigenvalue weighted by atomic mass is 10.1. The van der Waals surface area contributed by atoms with E-state index in [1.807, 2.05) is 55.5 Å². The number of nitrogens with one attached hydrogen (secondary N) is 1. The Morgan fingerprint density at radius 1 is 1.09 bits per heavy atom. The summed E-state index contributed by atoms with van der Waals surface area (Å²) < 4.78 is 20.3. The lowest BCUT2D eigenvalue weighted by Crippen LogP contribution is -2.19. The van der Waals surface area contributed by atoms with Gasteiger partial charge in [0.2, 0.25) is 11.1 Å². The number of hydrogen-bond donors (Lipinski definition) is 1. The number of methoxy groups -OCH3 is 1. The van der Waals surface area contributed by atoms with Crippen LogP contribution in [0.5, 0.6) is 5.75 Å². The first kappa shape index (κ1) is 21.5. The first-order valence-electron chi connectivity index (χ1n) is 9.76. The van der Waals surface area contributed by atoms with Crippen LogP contribution >= 0.6 is 11.8 Å². The second-order valence-electron chi connectivity index (χ2n) is 6.95. The van der Waals surface area contributed by atoms with Crippen molar-refractivity contribution in [3.8, 4) is 11.4 Å². The average molecular weight is 450 g/mol. The maximum absolute atomic E-state index is 13.2. The zero-order valence-electron chi connectivity index (χ0n) is 17.4. The number of benzene rings is 3. The monoisotopic (exact) mass is 449 g/mol. The molecule has 32 heavy (non-hydrogen) atoms. The minimum Gasteiger partial charge on any atom is -0.494 e. The van der Waals surface area contributed by atoms with Crippen LogP contribution in [-0.4, -0.2) is 33.2 Å². The SMILES string of the molecule is COc1ccc(C)cc1-n1nnnc1S[C@@H](C(=O)Nc1ccc(F)cc1)c1ccccc1. The summed E-state index contributed by atoms with van der Waals surface area (Å²) in [5.74, 6) is -0.0430. The summed E-state index contributed by atoms with van der Waals surface area (Å²) in [6.45, 7) is 1.96. The Morgan fingerprint density at radius 3 is 2.56 bits per heavy atom. The number of amides is 1. The van der Waals surface area contributed by atoms with Crippen LogP contribution in [0.1, 0.15) is 16.4 Å². The molecule has 0 aliphatic carbocycles. The number of aryl methyl sites for hydroxylation is 1. The fourth-order valence-corrected chi connectivity index (χ4v) is 4.10. The number of carbonyl (C=O) groups excluding carboxylic acids is 1. The predicted molar refractivity (Wildman–Crippen MR) is 121 cm³/mol. The number of thioether (sulfide) groups is 1. The molecule has 0 aliphatic heterocycles. The summed E-state index contributed by atoms with van der Waals surface area (Å²) in [6, 6.07) is 20.6. The van der Waals surface area contributed by atoms with Crippen molar-refractivity contribution in [2.45, 2.75) is 17.3 Å². The first-order valence-corrected chi connectivity index (χ1v) is 10.6. The summed E-state index contributed by atoms with van der Waals surface area (Å²) in [6.07, 6.45) is 0. The molecule has 0 unspecified atom stereocenters. The van der Waals surface area contributed by atoms with Crippen LogP contribution in [0.4, 0.5) is 10.1 Å². The van der Waals surface area contributed by atoms with E-state index in [4.69, 9.17) is 4.74 Å². The van der Waals surface area contributed by atoms with Gasteiger partial charge in [0, 0.05) is 5.69 Å². The Kier molecular flexibility index (Phi) is 6.46. The molecule has 162 valence electrons. The molecule has 4 rings (SSSR count). The molecule has 0 spiro atoms. The maximum Gasteiger partial charge on any atom is 0.242 e. The molecule has 3 aromatic carbocycles. The van der Waals surface area contributed by atoms with Crippen molar-refractivity contribution in [1.82, 2.24) is 20.2 Å². The standard InChI is InChI=1S/C23H20FN5O2S/c1-15-8-13-20(31-2)19(14-15)29-23(26-27-28-29)32-21(16-6-4-3-5-7-16)22(30)25-18-11-9-17(24)10-12-18/h3-14,21H,1-2H3,(H,25,30)/t21-/m1/s1. The van der Waals surface area contributed by atoms with Crippen LogP contribution in [0, 0.1) is 12.7 Å². The van der Waals surface area contributed by atoms with Crippen LogP contribution in [0.2, 0.25) is 0 Å². The highest BCUT2D eigenvalue weighted by Crippen LogP contribution is 2.37. The summed E-state index contributed by atoms with van der Waals surface area (Å²) >= 11 is 1.21. The van der Waals surface area contributed by atoms with Gasteiger partial charge in [-0.15, -0.1) is 5.10 Å². The quantitative estimate of drug-likeness (QED) is 0.416. The molecule has 1 aromatic heterocycles. The molecule has 0 fully saturated rings. The topological polar surface area (TPSA) is 81.9 Å². The van der Waals surface area contributed by atoms with E-state index in [1.54, 1.807) is 11.8 Å². The molecule has 1 amide bonds. The van der Waals surface area contributed by atoms with E-state index < -0.39 is 5.25 Å². The molecule has 0 radical (unpaired) electrons. The summed E-state index contributed by atoms with van der Waals surface area (Å²) in [4.78, 5) is 13.2. The van der Waals surface area contributed by atoms with Crippen molar-refractivity contribution in [2.24, 2.45) is 0 Å². The van der Waals surface area contributed by atoms with Crippen LogP contribution in [0.3, 0.4) is 0 Å². The highest BCUT2D eigenvalue weighted by atomic mass is 32.2. The van der Waals surface area contributed by atoms with Gasteiger partial charge < -0.3 is 10.1 Å². The predicted octanol–water partition coefficient (Wildman–Crippen LogP) is 4.59. The van der Waals surface area contributed by atoms with Crippen molar-refractivity contribution in [2.75, 3.05) is 12.4 Å².